The van der Waals surface area contributed by atoms with Crippen LogP contribution >= 0.6 is 0 Å². The van der Waals surface area contributed by atoms with Crippen molar-refractivity contribution >= 4 is 10.2 Å². The van der Waals surface area contributed by atoms with Gasteiger partial charge in [0.2, 0.25) is 0 Å². The third kappa shape index (κ3) is 3.56. The first-order valence-corrected chi connectivity index (χ1v) is 8.63. The molecule has 0 spiro atoms. The Morgan fingerprint density at radius 3 is 2.70 bits per heavy atom. The second-order valence-electron chi connectivity index (χ2n) is 5.15. The van der Waals surface area contributed by atoms with Gasteiger partial charge in [-0.05, 0) is 26.2 Å². The van der Waals surface area contributed by atoms with Gasteiger partial charge in [0, 0.05) is 19.6 Å². The van der Waals surface area contributed by atoms with Gasteiger partial charge in [-0.1, -0.05) is 13.3 Å². The molecular weight excluding hydrogens is 278 g/mol. The summed E-state index contributed by atoms with van der Waals surface area (Å²) in [5.41, 5.74) is 0. The number of aromatic nitrogens is 3. The Bertz CT molecular complexity index is 522. The van der Waals surface area contributed by atoms with Crippen molar-refractivity contribution in [3.05, 3.63) is 12.2 Å². The van der Waals surface area contributed by atoms with Crippen molar-refractivity contribution in [2.24, 2.45) is 0 Å². The number of rotatable bonds is 6. The second kappa shape index (κ2) is 6.64. The molecule has 1 aliphatic rings. The van der Waals surface area contributed by atoms with E-state index in [1.54, 1.807) is 11.6 Å². The van der Waals surface area contributed by atoms with E-state index in [1.807, 2.05) is 6.92 Å². The van der Waals surface area contributed by atoms with Crippen LogP contribution in [0.4, 0.5) is 0 Å². The lowest BCUT2D eigenvalue weighted by Crippen LogP contribution is -2.44. The predicted molar refractivity (Wildman–Crippen MR) is 76.2 cm³/mol. The number of piperidine rings is 1. The summed E-state index contributed by atoms with van der Waals surface area (Å²) in [6.45, 7) is 5.80. The molecule has 7 nitrogen and oxygen atoms in total. The molecule has 1 aromatic rings. The van der Waals surface area contributed by atoms with Gasteiger partial charge in [-0.3, -0.25) is 0 Å². The van der Waals surface area contributed by atoms with E-state index in [0.29, 0.717) is 18.9 Å². The second-order valence-corrected chi connectivity index (χ2v) is 6.85. The van der Waals surface area contributed by atoms with E-state index in [2.05, 4.69) is 14.8 Å². The zero-order valence-corrected chi connectivity index (χ0v) is 12.9. The van der Waals surface area contributed by atoms with Crippen molar-refractivity contribution in [1.29, 1.82) is 0 Å². The lowest BCUT2D eigenvalue weighted by atomic mass is 10.2. The molecule has 1 atom stereocenters. The van der Waals surface area contributed by atoms with Crippen LogP contribution in [0.2, 0.25) is 0 Å². The summed E-state index contributed by atoms with van der Waals surface area (Å²) in [4.78, 5) is 4.17. The van der Waals surface area contributed by atoms with E-state index < -0.39 is 10.2 Å². The van der Waals surface area contributed by atoms with Gasteiger partial charge >= 0.3 is 0 Å². The maximum absolute atomic E-state index is 12.3. The summed E-state index contributed by atoms with van der Waals surface area (Å²) < 4.78 is 30.6. The highest BCUT2D eigenvalue weighted by atomic mass is 32.2. The average Bonchev–Trinajstić information content (AvgIpc) is 2.88. The summed E-state index contributed by atoms with van der Waals surface area (Å²) >= 11 is 0. The molecule has 1 saturated heterocycles. The molecule has 20 heavy (non-hydrogen) atoms. The smallest absolute Gasteiger partial charge is 0.249 e. The summed E-state index contributed by atoms with van der Waals surface area (Å²) in [6.07, 6.45) is 5.37. The van der Waals surface area contributed by atoms with Gasteiger partial charge in [0.15, 0.2) is 0 Å². The highest BCUT2D eigenvalue weighted by Crippen LogP contribution is 2.16. The highest BCUT2D eigenvalue weighted by Gasteiger charge is 2.27. The Kier molecular flexibility index (Phi) is 5.11. The van der Waals surface area contributed by atoms with Crippen LogP contribution in [-0.4, -0.2) is 40.6 Å². The maximum Gasteiger partial charge on any atom is 0.280 e. The van der Waals surface area contributed by atoms with E-state index in [1.165, 1.54) is 10.6 Å². The molecule has 0 saturated carbocycles. The van der Waals surface area contributed by atoms with Crippen LogP contribution in [0.1, 0.15) is 51.4 Å². The van der Waals surface area contributed by atoms with Crippen LogP contribution in [0, 0.1) is 0 Å². The molecular formula is C12H23N5O2S. The molecule has 1 aliphatic heterocycles. The first-order valence-electron chi connectivity index (χ1n) is 7.19. The quantitative estimate of drug-likeness (QED) is 0.852. The fourth-order valence-electron chi connectivity index (χ4n) is 2.45. The number of hydrogen-bond donors (Lipinski definition) is 1. The molecule has 2 rings (SSSR count). The predicted octanol–water partition coefficient (Wildman–Crippen LogP) is 1.07. The standard InChI is InChI=1S/C12H23N5O2S/c1-3-7-17-12(13-10-14-17)11(2)15-20(18,19)16-8-5-4-6-9-16/h10-11,15H,3-9H2,1-2H3. The van der Waals surface area contributed by atoms with E-state index in [4.69, 9.17) is 0 Å². The fourth-order valence-corrected chi connectivity index (χ4v) is 3.89. The molecule has 1 N–H and O–H groups in total. The first kappa shape index (κ1) is 15.4. The van der Waals surface area contributed by atoms with Gasteiger partial charge < -0.3 is 0 Å². The van der Waals surface area contributed by atoms with Crippen molar-refractivity contribution in [3.63, 3.8) is 0 Å². The largest absolute Gasteiger partial charge is 0.280 e. The Morgan fingerprint density at radius 1 is 1.35 bits per heavy atom. The molecule has 0 amide bonds. The SMILES string of the molecule is CCCn1ncnc1C(C)NS(=O)(=O)N1CCCCC1. The number of aryl methyl sites for hydroxylation is 1. The van der Waals surface area contributed by atoms with Crippen LogP contribution in [0.3, 0.4) is 0 Å². The van der Waals surface area contributed by atoms with Crippen LogP contribution in [0.5, 0.6) is 0 Å². The zero-order chi connectivity index (χ0) is 14.6. The first-order chi connectivity index (χ1) is 9.54. The van der Waals surface area contributed by atoms with Gasteiger partial charge in [-0.2, -0.15) is 22.5 Å². The third-order valence-corrected chi connectivity index (χ3v) is 5.15. The molecule has 0 aliphatic carbocycles. The van der Waals surface area contributed by atoms with Crippen LogP contribution in [0.25, 0.3) is 0 Å². The van der Waals surface area contributed by atoms with Crippen molar-refractivity contribution in [2.45, 2.75) is 52.1 Å². The van der Waals surface area contributed by atoms with Gasteiger partial charge in [0.05, 0.1) is 6.04 Å². The molecule has 1 aromatic heterocycles. The molecule has 1 unspecified atom stereocenters. The summed E-state index contributed by atoms with van der Waals surface area (Å²) in [6, 6.07) is -0.379. The molecule has 2 heterocycles. The van der Waals surface area contributed by atoms with Gasteiger partial charge in [-0.25, -0.2) is 9.67 Å². The van der Waals surface area contributed by atoms with E-state index >= 15 is 0 Å². The Morgan fingerprint density at radius 2 is 2.05 bits per heavy atom. The Labute approximate surface area is 120 Å². The molecule has 0 aromatic carbocycles. The van der Waals surface area contributed by atoms with Crippen molar-refractivity contribution in [3.8, 4) is 0 Å². The van der Waals surface area contributed by atoms with Crippen molar-refractivity contribution in [2.75, 3.05) is 13.1 Å². The minimum absolute atomic E-state index is 0.379. The van der Waals surface area contributed by atoms with Crippen LogP contribution in [-0.2, 0) is 16.8 Å². The van der Waals surface area contributed by atoms with Gasteiger partial charge in [0.1, 0.15) is 12.2 Å². The number of nitrogens with zero attached hydrogens (tertiary/aromatic N) is 4. The van der Waals surface area contributed by atoms with Crippen LogP contribution < -0.4 is 4.72 Å². The third-order valence-electron chi connectivity index (χ3n) is 3.45. The van der Waals surface area contributed by atoms with Crippen LogP contribution in [0.15, 0.2) is 6.33 Å². The fraction of sp³-hybridized carbons (Fsp3) is 0.833. The average molecular weight is 301 g/mol. The van der Waals surface area contributed by atoms with E-state index in [-0.39, 0.29) is 6.04 Å². The number of hydrogen-bond acceptors (Lipinski definition) is 4. The normalized spacial score (nSPS) is 19.1. The highest BCUT2D eigenvalue weighted by molar-refractivity contribution is 7.87. The van der Waals surface area contributed by atoms with E-state index in [9.17, 15) is 8.42 Å². The topological polar surface area (TPSA) is 80.1 Å². The minimum atomic E-state index is -3.44. The molecule has 8 heteroatoms. The zero-order valence-electron chi connectivity index (χ0n) is 12.1. The molecule has 1 fully saturated rings. The lowest BCUT2D eigenvalue weighted by molar-refractivity contribution is 0.338. The molecule has 0 radical (unpaired) electrons. The van der Waals surface area contributed by atoms with Crippen molar-refractivity contribution < 1.29 is 8.42 Å². The molecule has 114 valence electrons. The van der Waals surface area contributed by atoms with Gasteiger partial charge in [-0.15, -0.1) is 0 Å². The Balaban J connectivity index is 2.05. The summed E-state index contributed by atoms with van der Waals surface area (Å²) in [5, 5.41) is 4.13. The maximum atomic E-state index is 12.3. The Hall–Kier alpha value is -0.990. The summed E-state index contributed by atoms with van der Waals surface area (Å²) in [7, 11) is -3.44. The number of nitrogens with one attached hydrogen (secondary N) is 1. The molecule has 0 bridgehead atoms. The van der Waals surface area contributed by atoms with Gasteiger partial charge in [0.25, 0.3) is 10.2 Å². The van der Waals surface area contributed by atoms with Crippen molar-refractivity contribution in [1.82, 2.24) is 23.8 Å². The monoisotopic (exact) mass is 301 g/mol. The minimum Gasteiger partial charge on any atom is -0.249 e. The lowest BCUT2D eigenvalue weighted by Gasteiger charge is -2.27. The summed E-state index contributed by atoms with van der Waals surface area (Å²) in [5.74, 6) is 0.660. The van der Waals surface area contributed by atoms with E-state index in [0.717, 1.165) is 32.2 Å².